The highest BCUT2D eigenvalue weighted by Gasteiger charge is 2.15. The van der Waals surface area contributed by atoms with Crippen molar-refractivity contribution < 1.29 is 0 Å². The SMILES string of the molecule is CNCCCCCCN(C)C1CCCCCC1. The normalized spacial score (nSPS) is 18.5. The standard InChI is InChI=1S/C15H32N2/c1-16-13-9-5-6-10-14-17(2)15-11-7-3-4-8-12-15/h15-16H,3-14H2,1-2H3. The van der Waals surface area contributed by atoms with E-state index in [1.54, 1.807) is 0 Å². The van der Waals surface area contributed by atoms with Gasteiger partial charge in [-0.05, 0) is 52.9 Å². The first kappa shape index (κ1) is 15.0. The van der Waals surface area contributed by atoms with Crippen molar-refractivity contribution in [1.29, 1.82) is 0 Å². The fourth-order valence-electron chi connectivity index (χ4n) is 2.90. The molecule has 0 saturated heterocycles. The molecule has 1 N–H and O–H groups in total. The van der Waals surface area contributed by atoms with Crippen LogP contribution >= 0.6 is 0 Å². The molecule has 0 unspecified atom stereocenters. The lowest BCUT2D eigenvalue weighted by Crippen LogP contribution is -2.32. The number of nitrogens with one attached hydrogen (secondary N) is 1. The molecule has 17 heavy (non-hydrogen) atoms. The number of hydrogen-bond acceptors (Lipinski definition) is 2. The minimum Gasteiger partial charge on any atom is -0.320 e. The van der Waals surface area contributed by atoms with Gasteiger partial charge in [-0.1, -0.05) is 38.5 Å². The van der Waals surface area contributed by atoms with E-state index >= 15 is 0 Å². The molecule has 0 aromatic rings. The van der Waals surface area contributed by atoms with E-state index in [-0.39, 0.29) is 0 Å². The maximum Gasteiger partial charge on any atom is 0.00922 e. The minimum absolute atomic E-state index is 0.884. The third-order valence-corrected chi connectivity index (χ3v) is 4.14. The molecule has 1 rings (SSSR count). The van der Waals surface area contributed by atoms with Crippen LogP contribution in [0.5, 0.6) is 0 Å². The van der Waals surface area contributed by atoms with Gasteiger partial charge in [0.25, 0.3) is 0 Å². The molecule has 0 atom stereocenters. The van der Waals surface area contributed by atoms with Crippen molar-refractivity contribution in [3.63, 3.8) is 0 Å². The zero-order valence-electron chi connectivity index (χ0n) is 12.0. The van der Waals surface area contributed by atoms with Crippen molar-refractivity contribution >= 4 is 0 Å². The highest BCUT2D eigenvalue weighted by molar-refractivity contribution is 4.72. The molecular formula is C15H32N2. The molecule has 1 aliphatic rings. The smallest absolute Gasteiger partial charge is 0.00922 e. The average molecular weight is 240 g/mol. The Morgan fingerprint density at radius 3 is 2.24 bits per heavy atom. The predicted octanol–water partition coefficient (Wildman–Crippen LogP) is 3.42. The molecule has 2 heteroatoms. The van der Waals surface area contributed by atoms with Crippen LogP contribution in [0.1, 0.15) is 64.2 Å². The second-order valence-electron chi connectivity index (χ2n) is 5.64. The molecule has 1 saturated carbocycles. The van der Waals surface area contributed by atoms with Gasteiger partial charge in [0.2, 0.25) is 0 Å². The van der Waals surface area contributed by atoms with E-state index in [4.69, 9.17) is 0 Å². The summed E-state index contributed by atoms with van der Waals surface area (Å²) >= 11 is 0. The van der Waals surface area contributed by atoms with E-state index in [0.29, 0.717) is 0 Å². The highest BCUT2D eigenvalue weighted by Crippen LogP contribution is 2.21. The van der Waals surface area contributed by atoms with Crippen LogP contribution in [-0.4, -0.2) is 38.1 Å². The summed E-state index contributed by atoms with van der Waals surface area (Å²) in [7, 11) is 4.38. The molecule has 0 spiro atoms. The number of nitrogens with zero attached hydrogens (tertiary/aromatic N) is 1. The lowest BCUT2D eigenvalue weighted by atomic mass is 10.1. The number of rotatable bonds is 8. The first-order valence-corrected chi connectivity index (χ1v) is 7.69. The summed E-state index contributed by atoms with van der Waals surface area (Å²) < 4.78 is 0. The van der Waals surface area contributed by atoms with Crippen molar-refractivity contribution in [3.05, 3.63) is 0 Å². The van der Waals surface area contributed by atoms with Gasteiger partial charge in [0, 0.05) is 6.04 Å². The summed E-state index contributed by atoms with van der Waals surface area (Å²) in [5.74, 6) is 0. The van der Waals surface area contributed by atoms with E-state index in [0.717, 1.165) is 6.04 Å². The maximum absolute atomic E-state index is 3.22. The lowest BCUT2D eigenvalue weighted by molar-refractivity contribution is 0.216. The van der Waals surface area contributed by atoms with Crippen molar-refractivity contribution in [2.24, 2.45) is 0 Å². The van der Waals surface area contributed by atoms with E-state index in [2.05, 4.69) is 17.3 Å². The Bertz CT molecular complexity index is 162. The molecule has 0 bridgehead atoms. The molecular weight excluding hydrogens is 208 g/mol. The van der Waals surface area contributed by atoms with Gasteiger partial charge in [-0.3, -0.25) is 0 Å². The van der Waals surface area contributed by atoms with E-state index < -0.39 is 0 Å². The summed E-state index contributed by atoms with van der Waals surface area (Å²) in [6.45, 7) is 2.49. The largest absolute Gasteiger partial charge is 0.320 e. The highest BCUT2D eigenvalue weighted by atomic mass is 15.1. The van der Waals surface area contributed by atoms with Crippen LogP contribution in [-0.2, 0) is 0 Å². The molecule has 102 valence electrons. The topological polar surface area (TPSA) is 15.3 Å². The minimum atomic E-state index is 0.884. The van der Waals surface area contributed by atoms with Crippen LogP contribution in [0, 0.1) is 0 Å². The van der Waals surface area contributed by atoms with Crippen LogP contribution in [0.2, 0.25) is 0 Å². The Kier molecular flexibility index (Phi) is 8.72. The van der Waals surface area contributed by atoms with Gasteiger partial charge in [0.1, 0.15) is 0 Å². The zero-order chi connectivity index (χ0) is 12.3. The lowest BCUT2D eigenvalue weighted by Gasteiger charge is -2.27. The number of unbranched alkanes of at least 4 members (excludes halogenated alkanes) is 3. The summed E-state index contributed by atoms with van der Waals surface area (Å²) in [6.07, 6.45) is 14.2. The Balaban J connectivity index is 2.01. The molecule has 2 nitrogen and oxygen atoms in total. The first-order chi connectivity index (χ1) is 8.34. The molecule has 0 amide bonds. The Labute approximate surface area is 108 Å². The van der Waals surface area contributed by atoms with Crippen LogP contribution in [0.25, 0.3) is 0 Å². The van der Waals surface area contributed by atoms with Gasteiger partial charge in [0.15, 0.2) is 0 Å². The third kappa shape index (κ3) is 7.05. The fraction of sp³-hybridized carbons (Fsp3) is 1.00. The van der Waals surface area contributed by atoms with Crippen molar-refractivity contribution in [3.8, 4) is 0 Å². The van der Waals surface area contributed by atoms with Gasteiger partial charge in [-0.25, -0.2) is 0 Å². The molecule has 0 aromatic heterocycles. The van der Waals surface area contributed by atoms with E-state index in [1.165, 1.54) is 77.3 Å². The Hall–Kier alpha value is -0.0800. The molecule has 1 fully saturated rings. The zero-order valence-corrected chi connectivity index (χ0v) is 12.0. The second-order valence-corrected chi connectivity index (χ2v) is 5.64. The van der Waals surface area contributed by atoms with Crippen LogP contribution < -0.4 is 5.32 Å². The summed E-state index contributed by atoms with van der Waals surface area (Å²) in [5.41, 5.74) is 0. The van der Waals surface area contributed by atoms with E-state index in [9.17, 15) is 0 Å². The maximum atomic E-state index is 3.22. The van der Waals surface area contributed by atoms with Gasteiger partial charge in [-0.2, -0.15) is 0 Å². The van der Waals surface area contributed by atoms with Crippen molar-refractivity contribution in [2.75, 3.05) is 27.2 Å². The van der Waals surface area contributed by atoms with Gasteiger partial charge in [0.05, 0.1) is 0 Å². The van der Waals surface area contributed by atoms with Gasteiger partial charge in [-0.15, -0.1) is 0 Å². The predicted molar refractivity (Wildman–Crippen MR) is 76.5 cm³/mol. The molecule has 0 aromatic carbocycles. The first-order valence-electron chi connectivity index (χ1n) is 7.69. The second kappa shape index (κ2) is 9.90. The fourth-order valence-corrected chi connectivity index (χ4v) is 2.90. The Morgan fingerprint density at radius 1 is 0.941 bits per heavy atom. The van der Waals surface area contributed by atoms with Gasteiger partial charge >= 0.3 is 0 Å². The van der Waals surface area contributed by atoms with Crippen molar-refractivity contribution in [2.45, 2.75) is 70.3 Å². The Morgan fingerprint density at radius 2 is 1.59 bits per heavy atom. The monoisotopic (exact) mass is 240 g/mol. The van der Waals surface area contributed by atoms with Crippen LogP contribution in [0.3, 0.4) is 0 Å². The number of hydrogen-bond donors (Lipinski definition) is 1. The van der Waals surface area contributed by atoms with Gasteiger partial charge < -0.3 is 10.2 Å². The van der Waals surface area contributed by atoms with Crippen LogP contribution in [0.4, 0.5) is 0 Å². The molecule has 1 aliphatic carbocycles. The average Bonchev–Trinajstić information content (AvgIpc) is 2.62. The van der Waals surface area contributed by atoms with Crippen LogP contribution in [0.15, 0.2) is 0 Å². The van der Waals surface area contributed by atoms with E-state index in [1.807, 2.05) is 7.05 Å². The summed E-state index contributed by atoms with van der Waals surface area (Å²) in [6, 6.07) is 0.884. The third-order valence-electron chi connectivity index (χ3n) is 4.14. The molecule has 0 heterocycles. The summed E-state index contributed by atoms with van der Waals surface area (Å²) in [5, 5.41) is 3.22. The quantitative estimate of drug-likeness (QED) is 0.516. The molecule has 0 aliphatic heterocycles. The molecule has 0 radical (unpaired) electrons. The van der Waals surface area contributed by atoms with Crippen molar-refractivity contribution in [1.82, 2.24) is 10.2 Å². The summed E-state index contributed by atoms with van der Waals surface area (Å²) in [4.78, 5) is 2.63.